The van der Waals surface area contributed by atoms with E-state index in [4.69, 9.17) is 5.73 Å². The van der Waals surface area contributed by atoms with Crippen LogP contribution in [0.3, 0.4) is 0 Å². The van der Waals surface area contributed by atoms with Gasteiger partial charge in [-0.15, -0.1) is 0 Å². The van der Waals surface area contributed by atoms with Gasteiger partial charge in [-0.1, -0.05) is 0 Å². The summed E-state index contributed by atoms with van der Waals surface area (Å²) in [5.41, 5.74) is 7.91. The fraction of sp³-hybridized carbons (Fsp3) is 0.700. The van der Waals surface area contributed by atoms with Gasteiger partial charge in [-0.05, 0) is 19.3 Å². The van der Waals surface area contributed by atoms with Crippen LogP contribution in [0.15, 0.2) is 0 Å². The van der Waals surface area contributed by atoms with Crippen molar-refractivity contribution < 1.29 is 8.42 Å². The average Bonchev–Trinajstić information content (AvgIpc) is 3.03. The molecule has 2 aliphatic rings. The summed E-state index contributed by atoms with van der Waals surface area (Å²) in [5, 5.41) is 4.34. The number of hydrogen-bond donors (Lipinski definition) is 1. The van der Waals surface area contributed by atoms with Crippen molar-refractivity contribution in [2.24, 2.45) is 0 Å². The summed E-state index contributed by atoms with van der Waals surface area (Å²) >= 11 is 0. The predicted molar refractivity (Wildman–Crippen MR) is 63.9 cm³/mol. The highest BCUT2D eigenvalue weighted by atomic mass is 32.2. The van der Waals surface area contributed by atoms with E-state index in [0.717, 1.165) is 24.1 Å². The lowest BCUT2D eigenvalue weighted by Crippen LogP contribution is -2.36. The second-order valence-electron chi connectivity index (χ2n) is 4.83. The van der Waals surface area contributed by atoms with Crippen LogP contribution in [0.4, 0.5) is 5.82 Å². The fourth-order valence-electron chi connectivity index (χ4n) is 2.35. The van der Waals surface area contributed by atoms with Crippen LogP contribution < -0.4 is 5.73 Å². The van der Waals surface area contributed by atoms with Gasteiger partial charge in [0.05, 0.1) is 24.5 Å². The summed E-state index contributed by atoms with van der Waals surface area (Å²) in [6, 6.07) is 0.431. The van der Waals surface area contributed by atoms with E-state index < -0.39 is 10.0 Å². The Morgan fingerprint density at radius 1 is 1.41 bits per heavy atom. The number of rotatable bonds is 2. The minimum atomic E-state index is -3.13. The van der Waals surface area contributed by atoms with Crippen LogP contribution in [-0.2, 0) is 23.0 Å². The lowest BCUT2D eigenvalue weighted by Gasteiger charge is -2.25. The van der Waals surface area contributed by atoms with Gasteiger partial charge >= 0.3 is 0 Å². The van der Waals surface area contributed by atoms with Crippen molar-refractivity contribution in [2.75, 3.05) is 18.5 Å². The molecule has 0 bridgehead atoms. The van der Waals surface area contributed by atoms with Gasteiger partial charge in [0.25, 0.3) is 0 Å². The number of nitrogens with zero attached hydrogens (tertiary/aromatic N) is 3. The third-order valence-corrected chi connectivity index (χ3v) is 4.70. The number of sulfonamides is 1. The molecule has 1 aliphatic heterocycles. The highest BCUT2D eigenvalue weighted by molar-refractivity contribution is 7.88. The molecule has 1 aromatic heterocycles. The molecule has 2 N–H and O–H groups in total. The SMILES string of the molecule is CS(=O)(=O)N1CCc2c(N)nn(C3CC3)c2C1. The van der Waals surface area contributed by atoms with Crippen molar-refractivity contribution in [3.05, 3.63) is 11.3 Å². The standard InChI is InChI=1S/C10H16N4O2S/c1-17(15,16)13-5-4-8-9(6-13)14(7-2-3-7)12-10(8)11/h7H,2-6H2,1H3,(H2,11,12). The van der Waals surface area contributed by atoms with Gasteiger partial charge in [-0.2, -0.15) is 9.40 Å². The molecule has 0 unspecified atom stereocenters. The second-order valence-corrected chi connectivity index (χ2v) is 6.82. The normalized spacial score (nSPS) is 21.5. The fourth-order valence-corrected chi connectivity index (χ4v) is 3.13. The van der Waals surface area contributed by atoms with E-state index in [1.54, 1.807) is 0 Å². The lowest BCUT2D eigenvalue weighted by atomic mass is 10.1. The van der Waals surface area contributed by atoms with Gasteiger partial charge in [0, 0.05) is 12.1 Å². The predicted octanol–water partition coefficient (Wildman–Crippen LogP) is 0.118. The average molecular weight is 256 g/mol. The molecule has 0 radical (unpaired) electrons. The van der Waals surface area contributed by atoms with Crippen molar-refractivity contribution >= 4 is 15.8 Å². The summed E-state index contributed by atoms with van der Waals surface area (Å²) < 4.78 is 26.6. The molecule has 0 amide bonds. The van der Waals surface area contributed by atoms with Crippen LogP contribution in [0.2, 0.25) is 0 Å². The molecule has 1 aliphatic carbocycles. The molecule has 7 heteroatoms. The maximum atomic E-state index is 11.6. The molecular weight excluding hydrogens is 240 g/mol. The van der Waals surface area contributed by atoms with Crippen molar-refractivity contribution in [3.63, 3.8) is 0 Å². The highest BCUT2D eigenvalue weighted by Gasteiger charge is 2.33. The van der Waals surface area contributed by atoms with Crippen LogP contribution in [0.25, 0.3) is 0 Å². The van der Waals surface area contributed by atoms with Crippen molar-refractivity contribution in [2.45, 2.75) is 31.8 Å². The first kappa shape index (κ1) is 11.0. The topological polar surface area (TPSA) is 81.2 Å². The van der Waals surface area contributed by atoms with Crippen molar-refractivity contribution in [1.82, 2.24) is 14.1 Å². The monoisotopic (exact) mass is 256 g/mol. The molecule has 0 aromatic carbocycles. The Balaban J connectivity index is 2.00. The van der Waals surface area contributed by atoms with Gasteiger partial charge < -0.3 is 5.73 Å². The first-order valence-corrected chi connectivity index (χ1v) is 7.62. The number of nitrogens with two attached hydrogens (primary N) is 1. The van der Waals surface area contributed by atoms with E-state index in [2.05, 4.69) is 5.10 Å². The lowest BCUT2D eigenvalue weighted by molar-refractivity contribution is 0.377. The van der Waals surface area contributed by atoms with Crippen molar-refractivity contribution in [3.8, 4) is 0 Å². The van der Waals surface area contributed by atoms with Gasteiger partial charge in [0.15, 0.2) is 0 Å². The molecule has 1 saturated carbocycles. The molecule has 6 nitrogen and oxygen atoms in total. The molecule has 3 rings (SSSR count). The molecule has 0 saturated heterocycles. The zero-order chi connectivity index (χ0) is 12.2. The van der Waals surface area contributed by atoms with Crippen LogP contribution >= 0.6 is 0 Å². The number of hydrogen-bond acceptors (Lipinski definition) is 4. The highest BCUT2D eigenvalue weighted by Crippen LogP contribution is 2.38. The number of fused-ring (bicyclic) bond motifs is 1. The first-order valence-electron chi connectivity index (χ1n) is 5.77. The van der Waals surface area contributed by atoms with Crippen LogP contribution in [0.5, 0.6) is 0 Å². The molecule has 1 aromatic rings. The zero-order valence-corrected chi connectivity index (χ0v) is 10.6. The Morgan fingerprint density at radius 3 is 2.71 bits per heavy atom. The summed E-state index contributed by atoms with van der Waals surface area (Å²) in [6.45, 7) is 0.918. The van der Waals surface area contributed by atoms with E-state index in [1.165, 1.54) is 10.6 Å². The van der Waals surface area contributed by atoms with Gasteiger partial charge in [-0.25, -0.2) is 8.42 Å². The van der Waals surface area contributed by atoms with E-state index in [-0.39, 0.29) is 0 Å². The molecular formula is C10H16N4O2S. The van der Waals surface area contributed by atoms with Crippen LogP contribution in [0, 0.1) is 0 Å². The minimum absolute atomic E-state index is 0.412. The number of aromatic nitrogens is 2. The molecule has 1 fully saturated rings. The zero-order valence-electron chi connectivity index (χ0n) is 9.76. The number of anilines is 1. The summed E-state index contributed by atoms with van der Waals surface area (Å²) in [6.07, 6.45) is 4.15. The largest absolute Gasteiger partial charge is 0.382 e. The summed E-state index contributed by atoms with van der Waals surface area (Å²) in [4.78, 5) is 0. The smallest absolute Gasteiger partial charge is 0.211 e. The Hall–Kier alpha value is -1.08. The minimum Gasteiger partial charge on any atom is -0.382 e. The third-order valence-electron chi connectivity index (χ3n) is 3.45. The van der Waals surface area contributed by atoms with Gasteiger partial charge in [0.2, 0.25) is 10.0 Å². The van der Waals surface area contributed by atoms with Crippen LogP contribution in [-0.4, -0.2) is 35.3 Å². The van der Waals surface area contributed by atoms with E-state index in [0.29, 0.717) is 31.4 Å². The maximum Gasteiger partial charge on any atom is 0.211 e. The molecule has 17 heavy (non-hydrogen) atoms. The van der Waals surface area contributed by atoms with Crippen molar-refractivity contribution in [1.29, 1.82) is 0 Å². The Labute approximate surface area is 100 Å². The van der Waals surface area contributed by atoms with E-state index >= 15 is 0 Å². The first-order chi connectivity index (χ1) is 7.97. The summed E-state index contributed by atoms with van der Waals surface area (Å²) in [7, 11) is -3.13. The number of nitrogen functional groups attached to an aromatic ring is 1. The second kappa shape index (κ2) is 3.46. The maximum absolute atomic E-state index is 11.6. The van der Waals surface area contributed by atoms with Gasteiger partial charge in [-0.3, -0.25) is 4.68 Å². The Morgan fingerprint density at radius 2 is 2.12 bits per heavy atom. The van der Waals surface area contributed by atoms with Crippen LogP contribution in [0.1, 0.15) is 30.1 Å². The van der Waals surface area contributed by atoms with E-state index in [1.807, 2.05) is 4.68 Å². The molecule has 2 heterocycles. The molecule has 0 atom stereocenters. The van der Waals surface area contributed by atoms with E-state index in [9.17, 15) is 8.42 Å². The Kier molecular flexibility index (Phi) is 2.24. The quantitative estimate of drug-likeness (QED) is 0.814. The van der Waals surface area contributed by atoms with Gasteiger partial charge in [0.1, 0.15) is 5.82 Å². The molecule has 94 valence electrons. The third kappa shape index (κ3) is 1.83. The molecule has 0 spiro atoms. The Bertz CT molecular complexity index is 559. The summed E-state index contributed by atoms with van der Waals surface area (Å²) in [5.74, 6) is 0.569.